The number of rotatable bonds is 6. The van der Waals surface area contributed by atoms with Crippen LogP contribution in [0.25, 0.3) is 0 Å². The topological polar surface area (TPSA) is 42.8 Å². The van der Waals surface area contributed by atoms with Gasteiger partial charge in [-0.15, -0.1) is 0 Å². The van der Waals surface area contributed by atoms with Crippen molar-refractivity contribution < 1.29 is 14.4 Å². The van der Waals surface area contributed by atoms with Crippen molar-refractivity contribution in [3.8, 4) is 5.75 Å². The molecular formula is C18H21Cl2N2O2+. The SMILES string of the molecule is COc1ccccc1NC(=O)[C@@H](C)[NH+](C)Cc1ccc(Cl)c(Cl)c1. The zero-order chi connectivity index (χ0) is 17.7. The third-order valence-electron chi connectivity index (χ3n) is 3.96. The molecule has 0 aliphatic heterocycles. The van der Waals surface area contributed by atoms with E-state index in [9.17, 15) is 4.79 Å². The number of anilines is 1. The predicted molar refractivity (Wildman–Crippen MR) is 98.1 cm³/mol. The maximum Gasteiger partial charge on any atom is 0.282 e. The van der Waals surface area contributed by atoms with Crippen LogP contribution in [0.1, 0.15) is 12.5 Å². The van der Waals surface area contributed by atoms with Crippen LogP contribution in [0.15, 0.2) is 42.5 Å². The van der Waals surface area contributed by atoms with Crippen molar-refractivity contribution in [1.29, 1.82) is 0 Å². The van der Waals surface area contributed by atoms with E-state index in [4.69, 9.17) is 27.9 Å². The number of nitrogens with one attached hydrogen (secondary N) is 2. The first-order chi connectivity index (χ1) is 11.4. The van der Waals surface area contributed by atoms with Crippen molar-refractivity contribution in [2.24, 2.45) is 0 Å². The molecule has 0 spiro atoms. The summed E-state index contributed by atoms with van der Waals surface area (Å²) in [5, 5.41) is 3.97. The minimum absolute atomic E-state index is 0.0722. The molecule has 0 aliphatic carbocycles. The molecule has 4 nitrogen and oxygen atoms in total. The summed E-state index contributed by atoms with van der Waals surface area (Å²) in [6.45, 7) is 2.55. The Morgan fingerprint density at radius 2 is 1.92 bits per heavy atom. The van der Waals surface area contributed by atoms with E-state index in [-0.39, 0.29) is 11.9 Å². The van der Waals surface area contributed by atoms with E-state index in [0.29, 0.717) is 28.0 Å². The Morgan fingerprint density at radius 3 is 2.58 bits per heavy atom. The van der Waals surface area contributed by atoms with Gasteiger partial charge in [0.2, 0.25) is 0 Å². The van der Waals surface area contributed by atoms with Crippen molar-refractivity contribution in [3.05, 3.63) is 58.1 Å². The van der Waals surface area contributed by atoms with Gasteiger partial charge in [0.25, 0.3) is 5.91 Å². The minimum Gasteiger partial charge on any atom is -0.495 e. The summed E-state index contributed by atoms with van der Waals surface area (Å²) in [5.41, 5.74) is 1.69. The predicted octanol–water partition coefficient (Wildman–Crippen LogP) is 3.04. The number of carbonyl (C=O) groups is 1. The third-order valence-corrected chi connectivity index (χ3v) is 4.70. The second-order valence-corrected chi connectivity index (χ2v) is 6.50. The average molecular weight is 368 g/mol. The molecule has 0 fully saturated rings. The van der Waals surface area contributed by atoms with Gasteiger partial charge in [-0.2, -0.15) is 0 Å². The largest absolute Gasteiger partial charge is 0.495 e. The Kier molecular flexibility index (Phi) is 6.49. The van der Waals surface area contributed by atoms with Crippen LogP contribution in [-0.2, 0) is 11.3 Å². The number of methoxy groups -OCH3 is 1. The summed E-state index contributed by atoms with van der Waals surface area (Å²) in [6, 6.07) is 12.6. The monoisotopic (exact) mass is 367 g/mol. The molecule has 2 atom stereocenters. The molecule has 2 aromatic rings. The Morgan fingerprint density at radius 1 is 1.21 bits per heavy atom. The van der Waals surface area contributed by atoms with Crippen LogP contribution in [-0.4, -0.2) is 26.1 Å². The smallest absolute Gasteiger partial charge is 0.282 e. The normalized spacial score (nSPS) is 13.2. The number of amides is 1. The minimum atomic E-state index is -0.246. The van der Waals surface area contributed by atoms with E-state index < -0.39 is 0 Å². The van der Waals surface area contributed by atoms with Gasteiger partial charge in [-0.1, -0.05) is 41.4 Å². The van der Waals surface area contributed by atoms with Gasteiger partial charge in [0, 0.05) is 5.56 Å². The van der Waals surface area contributed by atoms with Crippen LogP contribution in [0.3, 0.4) is 0 Å². The zero-order valence-corrected chi connectivity index (χ0v) is 15.4. The van der Waals surface area contributed by atoms with Crippen LogP contribution >= 0.6 is 23.2 Å². The number of benzene rings is 2. The molecule has 128 valence electrons. The molecule has 0 aromatic heterocycles. The summed E-state index contributed by atoms with van der Waals surface area (Å²) in [4.78, 5) is 13.5. The Hall–Kier alpha value is -1.75. The van der Waals surface area contributed by atoms with E-state index in [0.717, 1.165) is 10.5 Å². The maximum atomic E-state index is 12.5. The summed E-state index contributed by atoms with van der Waals surface area (Å²) in [6.07, 6.45) is 0. The number of hydrogen-bond acceptors (Lipinski definition) is 2. The molecule has 0 aliphatic rings. The fourth-order valence-electron chi connectivity index (χ4n) is 2.34. The average Bonchev–Trinajstić information content (AvgIpc) is 2.57. The number of likely N-dealkylation sites (N-methyl/N-ethyl adjacent to an activating group) is 1. The van der Waals surface area contributed by atoms with Crippen molar-refractivity contribution in [3.63, 3.8) is 0 Å². The second-order valence-electron chi connectivity index (χ2n) is 5.68. The number of quaternary nitrogens is 1. The summed E-state index contributed by atoms with van der Waals surface area (Å²) < 4.78 is 5.26. The molecule has 6 heteroatoms. The van der Waals surface area contributed by atoms with E-state index in [1.807, 2.05) is 50.4 Å². The Balaban J connectivity index is 2.02. The fourth-order valence-corrected chi connectivity index (χ4v) is 2.66. The molecular weight excluding hydrogens is 347 g/mol. The lowest BCUT2D eigenvalue weighted by atomic mass is 10.2. The Bertz CT molecular complexity index is 722. The van der Waals surface area contributed by atoms with E-state index in [2.05, 4.69) is 5.32 Å². The lowest BCUT2D eigenvalue weighted by Crippen LogP contribution is -3.12. The molecule has 0 saturated heterocycles. The molecule has 1 unspecified atom stereocenters. The van der Waals surface area contributed by atoms with Gasteiger partial charge in [-0.05, 0) is 31.2 Å². The van der Waals surface area contributed by atoms with E-state index in [1.54, 1.807) is 13.2 Å². The molecule has 2 aromatic carbocycles. The van der Waals surface area contributed by atoms with Gasteiger partial charge < -0.3 is 15.0 Å². The molecule has 0 heterocycles. The highest BCUT2D eigenvalue weighted by molar-refractivity contribution is 6.42. The van der Waals surface area contributed by atoms with Gasteiger partial charge >= 0.3 is 0 Å². The third kappa shape index (κ3) is 4.63. The molecule has 2 N–H and O–H groups in total. The summed E-state index contributed by atoms with van der Waals surface area (Å²) in [7, 11) is 3.55. The van der Waals surface area contributed by atoms with Gasteiger partial charge in [0.15, 0.2) is 6.04 Å². The van der Waals surface area contributed by atoms with Crippen LogP contribution in [0.2, 0.25) is 10.0 Å². The van der Waals surface area contributed by atoms with Gasteiger partial charge in [-0.25, -0.2) is 0 Å². The van der Waals surface area contributed by atoms with Crippen molar-refractivity contribution in [2.45, 2.75) is 19.5 Å². The van der Waals surface area contributed by atoms with Crippen molar-refractivity contribution >= 4 is 34.8 Å². The first-order valence-electron chi connectivity index (χ1n) is 7.62. The number of para-hydroxylation sites is 2. The number of hydrogen-bond donors (Lipinski definition) is 2. The lowest BCUT2D eigenvalue weighted by Gasteiger charge is -2.21. The highest BCUT2D eigenvalue weighted by atomic mass is 35.5. The molecule has 0 bridgehead atoms. The van der Waals surface area contributed by atoms with Crippen LogP contribution in [0.4, 0.5) is 5.69 Å². The highest BCUT2D eigenvalue weighted by Gasteiger charge is 2.23. The molecule has 0 radical (unpaired) electrons. The number of halogens is 2. The first-order valence-corrected chi connectivity index (χ1v) is 8.38. The first kappa shape index (κ1) is 18.6. The van der Waals surface area contributed by atoms with Crippen molar-refractivity contribution in [2.75, 3.05) is 19.5 Å². The maximum absolute atomic E-state index is 12.5. The summed E-state index contributed by atoms with van der Waals surface area (Å²) in [5.74, 6) is 0.567. The quantitative estimate of drug-likeness (QED) is 0.823. The standard InChI is InChI=1S/C18H20Cl2N2O2/c1-12(18(23)21-16-6-4-5-7-17(16)24-3)22(2)11-13-8-9-14(19)15(20)10-13/h4-10,12H,11H2,1-3H3,(H,21,23)/p+1/t12-/m1/s1. The number of ether oxygens (including phenoxy) is 1. The van der Waals surface area contributed by atoms with Gasteiger partial charge in [-0.3, -0.25) is 4.79 Å². The van der Waals surface area contributed by atoms with Gasteiger partial charge in [0.1, 0.15) is 12.3 Å². The summed E-state index contributed by atoms with van der Waals surface area (Å²) >= 11 is 12.0. The molecule has 0 saturated carbocycles. The second kappa shape index (κ2) is 8.38. The number of carbonyl (C=O) groups excluding carboxylic acids is 1. The van der Waals surface area contributed by atoms with Crippen molar-refractivity contribution in [1.82, 2.24) is 0 Å². The van der Waals surface area contributed by atoms with Crippen LogP contribution in [0.5, 0.6) is 5.75 Å². The molecule has 2 rings (SSSR count). The fraction of sp³-hybridized carbons (Fsp3) is 0.278. The molecule has 24 heavy (non-hydrogen) atoms. The Labute approximate surface area is 152 Å². The zero-order valence-electron chi connectivity index (χ0n) is 13.9. The highest BCUT2D eigenvalue weighted by Crippen LogP contribution is 2.23. The lowest BCUT2D eigenvalue weighted by molar-refractivity contribution is -0.907. The van der Waals surface area contributed by atoms with Crippen LogP contribution in [0, 0.1) is 0 Å². The van der Waals surface area contributed by atoms with E-state index in [1.165, 1.54) is 0 Å². The van der Waals surface area contributed by atoms with E-state index >= 15 is 0 Å². The molecule has 1 amide bonds. The van der Waals surface area contributed by atoms with Gasteiger partial charge in [0.05, 0.1) is 29.9 Å². The van der Waals surface area contributed by atoms with Crippen LogP contribution < -0.4 is 15.0 Å².